The largest absolute Gasteiger partial charge is 0.325 e. The maximum absolute atomic E-state index is 12.6. The van der Waals surface area contributed by atoms with Gasteiger partial charge in [-0.15, -0.1) is 12.4 Å². The van der Waals surface area contributed by atoms with Gasteiger partial charge in [0.15, 0.2) is 0 Å². The van der Waals surface area contributed by atoms with Gasteiger partial charge >= 0.3 is 0 Å². The van der Waals surface area contributed by atoms with Gasteiger partial charge < -0.3 is 10.6 Å². The molecule has 0 spiro atoms. The van der Waals surface area contributed by atoms with Gasteiger partial charge in [-0.2, -0.15) is 0 Å². The van der Waals surface area contributed by atoms with Crippen LogP contribution in [0.25, 0.3) is 0 Å². The van der Waals surface area contributed by atoms with Gasteiger partial charge in [-0.3, -0.25) is 29.2 Å². The molecule has 3 heterocycles. The number of piperazine rings is 1. The van der Waals surface area contributed by atoms with Crippen LogP contribution in [0.5, 0.6) is 0 Å². The number of benzene rings is 1. The van der Waals surface area contributed by atoms with Gasteiger partial charge in [-0.25, -0.2) is 0 Å². The summed E-state index contributed by atoms with van der Waals surface area (Å²) in [5.74, 6) is -0.839. The lowest BCUT2D eigenvalue weighted by molar-refractivity contribution is -0.118. The number of hydrogen-bond acceptors (Lipinski definition) is 6. The highest BCUT2D eigenvalue weighted by Crippen LogP contribution is 2.25. The van der Waals surface area contributed by atoms with Gasteiger partial charge in [0.05, 0.1) is 17.7 Å². The van der Waals surface area contributed by atoms with Crippen molar-refractivity contribution in [3.05, 3.63) is 59.4 Å². The Bertz CT molecular complexity index is 937. The number of imide groups is 1. The van der Waals surface area contributed by atoms with Crippen molar-refractivity contribution in [1.29, 1.82) is 0 Å². The Balaban J connectivity index is 0.00000240. The smallest absolute Gasteiger partial charge is 0.261 e. The minimum Gasteiger partial charge on any atom is -0.325 e. The molecule has 3 amide bonds. The number of anilines is 1. The molecule has 0 radical (unpaired) electrons. The summed E-state index contributed by atoms with van der Waals surface area (Å²) in [5, 5.41) is 6.19. The summed E-state index contributed by atoms with van der Waals surface area (Å²) >= 11 is 0. The number of aromatic nitrogens is 1. The van der Waals surface area contributed by atoms with Crippen molar-refractivity contribution >= 4 is 35.8 Å². The molecule has 1 atom stereocenters. The molecule has 2 aromatic rings. The lowest BCUT2D eigenvalue weighted by Crippen LogP contribution is -2.48. The number of amides is 3. The third-order valence-corrected chi connectivity index (χ3v) is 5.14. The van der Waals surface area contributed by atoms with Crippen molar-refractivity contribution in [3.63, 3.8) is 0 Å². The SMILES string of the molecule is CN1C(=O)c2ccc(NC(=O)CN3CCNCC3c3cccnc3)cc2C1=O.Cl. The molecule has 152 valence electrons. The molecule has 1 aromatic carbocycles. The molecule has 9 heteroatoms. The minimum atomic E-state index is -0.352. The highest BCUT2D eigenvalue weighted by atomic mass is 35.5. The second kappa shape index (κ2) is 8.69. The second-order valence-corrected chi connectivity index (χ2v) is 6.95. The average molecular weight is 416 g/mol. The first-order valence-electron chi connectivity index (χ1n) is 9.15. The Morgan fingerprint density at radius 1 is 1.24 bits per heavy atom. The zero-order valence-corrected chi connectivity index (χ0v) is 16.7. The number of fused-ring (bicyclic) bond motifs is 1. The van der Waals surface area contributed by atoms with E-state index < -0.39 is 0 Å². The maximum Gasteiger partial charge on any atom is 0.261 e. The molecular weight excluding hydrogens is 394 g/mol. The van der Waals surface area contributed by atoms with Crippen LogP contribution in [0.15, 0.2) is 42.7 Å². The Kier molecular flexibility index (Phi) is 6.26. The monoisotopic (exact) mass is 415 g/mol. The predicted molar refractivity (Wildman–Crippen MR) is 110 cm³/mol. The van der Waals surface area contributed by atoms with E-state index in [-0.39, 0.29) is 42.7 Å². The van der Waals surface area contributed by atoms with Gasteiger partial charge in [0.2, 0.25) is 5.91 Å². The van der Waals surface area contributed by atoms with Gasteiger partial charge in [0.25, 0.3) is 11.8 Å². The van der Waals surface area contributed by atoms with E-state index >= 15 is 0 Å². The van der Waals surface area contributed by atoms with Crippen LogP contribution in [0.3, 0.4) is 0 Å². The summed E-state index contributed by atoms with van der Waals surface area (Å²) in [5.41, 5.74) is 2.25. The zero-order chi connectivity index (χ0) is 19.7. The minimum absolute atomic E-state index is 0. The van der Waals surface area contributed by atoms with Crippen molar-refractivity contribution in [1.82, 2.24) is 20.1 Å². The van der Waals surface area contributed by atoms with Crippen LogP contribution in [0.2, 0.25) is 0 Å². The van der Waals surface area contributed by atoms with Crippen molar-refractivity contribution in [2.45, 2.75) is 6.04 Å². The number of rotatable bonds is 4. The molecule has 2 aliphatic heterocycles. The normalized spacial score (nSPS) is 18.9. The molecule has 2 aliphatic rings. The van der Waals surface area contributed by atoms with E-state index in [1.165, 1.54) is 7.05 Å². The number of halogens is 1. The van der Waals surface area contributed by atoms with Gasteiger partial charge in [0.1, 0.15) is 0 Å². The molecule has 0 saturated carbocycles. The molecule has 0 aliphatic carbocycles. The Morgan fingerprint density at radius 3 is 2.79 bits per heavy atom. The molecule has 1 fully saturated rings. The van der Waals surface area contributed by atoms with E-state index in [1.807, 2.05) is 18.3 Å². The van der Waals surface area contributed by atoms with Crippen molar-refractivity contribution < 1.29 is 14.4 Å². The van der Waals surface area contributed by atoms with Crippen molar-refractivity contribution in [3.8, 4) is 0 Å². The van der Waals surface area contributed by atoms with Gasteiger partial charge in [-0.1, -0.05) is 6.07 Å². The fourth-order valence-electron chi connectivity index (χ4n) is 3.66. The number of nitrogens with one attached hydrogen (secondary N) is 2. The van der Waals surface area contributed by atoms with Gasteiger partial charge in [0, 0.05) is 50.8 Å². The second-order valence-electron chi connectivity index (χ2n) is 6.95. The van der Waals surface area contributed by atoms with Crippen LogP contribution >= 0.6 is 12.4 Å². The first-order valence-corrected chi connectivity index (χ1v) is 9.15. The first-order chi connectivity index (χ1) is 13.5. The van der Waals surface area contributed by atoms with Crippen molar-refractivity contribution in [2.24, 2.45) is 0 Å². The van der Waals surface area contributed by atoms with Crippen LogP contribution in [-0.4, -0.2) is 65.7 Å². The van der Waals surface area contributed by atoms with E-state index in [9.17, 15) is 14.4 Å². The number of carbonyl (C=O) groups is 3. The molecule has 2 N–H and O–H groups in total. The zero-order valence-electron chi connectivity index (χ0n) is 15.9. The summed E-state index contributed by atoms with van der Waals surface area (Å²) in [6.45, 7) is 2.53. The van der Waals surface area contributed by atoms with Crippen LogP contribution < -0.4 is 10.6 Å². The highest BCUT2D eigenvalue weighted by molar-refractivity contribution is 6.21. The number of pyridine rings is 1. The summed E-state index contributed by atoms with van der Waals surface area (Å²) in [6, 6.07) is 8.76. The van der Waals surface area contributed by atoms with E-state index in [1.54, 1.807) is 24.4 Å². The molecular formula is C20H22ClN5O3. The fraction of sp³-hybridized carbons (Fsp3) is 0.300. The maximum atomic E-state index is 12.6. The lowest BCUT2D eigenvalue weighted by atomic mass is 10.1. The van der Waals surface area contributed by atoms with Crippen LogP contribution in [0, 0.1) is 0 Å². The Labute approximate surface area is 174 Å². The third kappa shape index (κ3) is 4.14. The summed E-state index contributed by atoms with van der Waals surface area (Å²) in [6.07, 6.45) is 3.55. The molecule has 1 aromatic heterocycles. The molecule has 0 bridgehead atoms. The van der Waals surface area contributed by atoms with Crippen LogP contribution in [-0.2, 0) is 4.79 Å². The van der Waals surface area contributed by atoms with E-state index in [0.717, 1.165) is 30.1 Å². The highest BCUT2D eigenvalue weighted by Gasteiger charge is 2.33. The van der Waals surface area contributed by atoms with Gasteiger partial charge in [-0.05, 0) is 29.8 Å². The molecule has 8 nitrogen and oxygen atoms in total. The summed E-state index contributed by atoms with van der Waals surface area (Å²) in [4.78, 5) is 44.1. The first kappa shape index (κ1) is 20.9. The van der Waals surface area contributed by atoms with E-state index in [2.05, 4.69) is 20.5 Å². The predicted octanol–water partition coefficient (Wildman–Crippen LogP) is 1.31. The lowest BCUT2D eigenvalue weighted by Gasteiger charge is -2.35. The van der Waals surface area contributed by atoms with Crippen molar-refractivity contribution in [2.75, 3.05) is 38.5 Å². The molecule has 4 rings (SSSR count). The molecule has 29 heavy (non-hydrogen) atoms. The van der Waals surface area contributed by atoms with E-state index in [4.69, 9.17) is 0 Å². The fourth-order valence-corrected chi connectivity index (χ4v) is 3.66. The van der Waals surface area contributed by atoms with E-state index in [0.29, 0.717) is 16.8 Å². The number of hydrogen-bond donors (Lipinski definition) is 2. The Morgan fingerprint density at radius 2 is 2.03 bits per heavy atom. The average Bonchev–Trinajstić information content (AvgIpc) is 2.93. The van der Waals surface area contributed by atoms with Crippen LogP contribution in [0.1, 0.15) is 32.3 Å². The summed E-state index contributed by atoms with van der Waals surface area (Å²) in [7, 11) is 1.45. The third-order valence-electron chi connectivity index (χ3n) is 5.14. The quantitative estimate of drug-likeness (QED) is 0.731. The number of nitrogens with zero attached hydrogens (tertiary/aromatic N) is 3. The standard InChI is InChI=1S/C20H21N5O3.ClH/c1-24-19(27)15-5-4-14(9-16(15)20(24)28)23-18(26)12-25-8-7-22-11-17(25)13-3-2-6-21-10-13;/h2-6,9-10,17,22H,7-8,11-12H2,1H3,(H,23,26);1H. The Hall–Kier alpha value is -2.81. The topological polar surface area (TPSA) is 94.6 Å². The molecule has 1 saturated heterocycles. The van der Waals surface area contributed by atoms with Crippen LogP contribution in [0.4, 0.5) is 5.69 Å². The number of carbonyl (C=O) groups excluding carboxylic acids is 3. The summed E-state index contributed by atoms with van der Waals surface area (Å²) < 4.78 is 0. The molecule has 1 unspecified atom stereocenters.